The fourth-order valence-corrected chi connectivity index (χ4v) is 1.80. The van der Waals surface area contributed by atoms with E-state index in [1.807, 2.05) is 0 Å². The zero-order chi connectivity index (χ0) is 20.5. The van der Waals surface area contributed by atoms with Gasteiger partial charge in [-0.3, -0.25) is 9.59 Å². The van der Waals surface area contributed by atoms with Gasteiger partial charge in [-0.2, -0.15) is 0 Å². The van der Waals surface area contributed by atoms with Gasteiger partial charge in [0.1, 0.15) is 18.2 Å². The molecular weight excluding hydrogens is 338 g/mol. The molecule has 0 saturated carbocycles. The first-order chi connectivity index (χ1) is 11.9. The molecule has 1 unspecified atom stereocenters. The normalized spacial score (nSPS) is 13.0. The highest BCUT2D eigenvalue weighted by molar-refractivity contribution is 5.94. The van der Waals surface area contributed by atoms with Crippen LogP contribution in [-0.4, -0.2) is 54.1 Å². The van der Waals surface area contributed by atoms with E-state index in [1.165, 1.54) is 18.0 Å². The molecule has 0 fully saturated rings. The van der Waals surface area contributed by atoms with E-state index in [4.69, 9.17) is 20.9 Å². The molecule has 1 amide bonds. The van der Waals surface area contributed by atoms with Crippen molar-refractivity contribution in [3.63, 3.8) is 0 Å². The van der Waals surface area contributed by atoms with Crippen molar-refractivity contribution in [2.75, 3.05) is 19.7 Å². The van der Waals surface area contributed by atoms with Gasteiger partial charge in [-0.1, -0.05) is 6.58 Å². The number of ether oxygens (including phenoxy) is 2. The van der Waals surface area contributed by atoms with Crippen LogP contribution >= 0.6 is 0 Å². The third-order valence-electron chi connectivity index (χ3n) is 3.04. The first kappa shape index (κ1) is 23.8. The first-order valence-corrected chi connectivity index (χ1v) is 8.39. The van der Waals surface area contributed by atoms with Crippen LogP contribution in [0.25, 0.3) is 0 Å². The predicted octanol–water partition coefficient (Wildman–Crippen LogP) is 0.856. The average molecular weight is 369 g/mol. The Hall–Kier alpha value is -2.19. The van der Waals surface area contributed by atoms with Crippen molar-refractivity contribution in [1.29, 1.82) is 0 Å². The van der Waals surface area contributed by atoms with Crippen LogP contribution in [-0.2, 0) is 23.9 Å². The number of nitrogens with two attached hydrogens (primary N) is 2. The lowest BCUT2D eigenvalue weighted by Crippen LogP contribution is -2.40. The minimum absolute atomic E-state index is 0.0853. The number of hydrogen-bond donors (Lipinski definition) is 2. The van der Waals surface area contributed by atoms with Gasteiger partial charge in [-0.15, -0.1) is 0 Å². The summed E-state index contributed by atoms with van der Waals surface area (Å²) in [4.78, 5) is 37.3. The Bertz CT molecular complexity index is 564. The molecule has 26 heavy (non-hydrogen) atoms. The van der Waals surface area contributed by atoms with Crippen molar-refractivity contribution in [3.05, 3.63) is 23.9 Å². The Morgan fingerprint density at radius 3 is 2.27 bits per heavy atom. The largest absolute Gasteiger partial charge is 0.461 e. The molecule has 0 spiro atoms. The molecule has 0 rings (SSSR count). The molecule has 0 aromatic rings. The number of esters is 2. The van der Waals surface area contributed by atoms with E-state index in [-0.39, 0.29) is 43.2 Å². The van der Waals surface area contributed by atoms with Crippen LogP contribution < -0.4 is 11.5 Å². The van der Waals surface area contributed by atoms with Crippen LogP contribution in [0.2, 0.25) is 0 Å². The number of hydrogen-bond acceptors (Lipinski definition) is 7. The molecule has 8 nitrogen and oxygen atoms in total. The summed E-state index contributed by atoms with van der Waals surface area (Å²) in [6, 6.07) is -0.896. The minimum atomic E-state index is -0.896. The van der Waals surface area contributed by atoms with Gasteiger partial charge in [0.25, 0.3) is 5.91 Å². The Balaban J connectivity index is 5.06. The smallest absolute Gasteiger partial charge is 0.335 e. The summed E-state index contributed by atoms with van der Waals surface area (Å²) >= 11 is 0. The Labute approximate surface area is 155 Å². The molecule has 0 radical (unpaired) electrons. The number of amides is 1. The van der Waals surface area contributed by atoms with Crippen molar-refractivity contribution >= 4 is 17.8 Å². The van der Waals surface area contributed by atoms with E-state index in [0.29, 0.717) is 0 Å². The van der Waals surface area contributed by atoms with Crippen molar-refractivity contribution in [2.45, 2.75) is 52.7 Å². The molecule has 4 N–H and O–H groups in total. The predicted molar refractivity (Wildman–Crippen MR) is 98.7 cm³/mol. The third-order valence-corrected chi connectivity index (χ3v) is 3.04. The highest BCUT2D eigenvalue weighted by Crippen LogP contribution is 2.11. The van der Waals surface area contributed by atoms with Gasteiger partial charge in [-0.05, 0) is 41.0 Å². The second-order valence-electron chi connectivity index (χ2n) is 6.94. The van der Waals surface area contributed by atoms with E-state index in [2.05, 4.69) is 6.58 Å². The van der Waals surface area contributed by atoms with Crippen molar-refractivity contribution in [2.24, 2.45) is 11.5 Å². The number of carbonyl (C=O) groups is 3. The molecule has 0 aromatic carbocycles. The van der Waals surface area contributed by atoms with E-state index >= 15 is 0 Å². The number of nitrogens with zero attached hydrogens (tertiary/aromatic N) is 1. The van der Waals surface area contributed by atoms with Gasteiger partial charge >= 0.3 is 11.9 Å². The summed E-state index contributed by atoms with van der Waals surface area (Å²) in [5, 5.41) is 0. The van der Waals surface area contributed by atoms with Crippen molar-refractivity contribution < 1.29 is 23.9 Å². The molecular formula is C18H31N3O5. The molecule has 8 heteroatoms. The van der Waals surface area contributed by atoms with Gasteiger partial charge in [0, 0.05) is 24.9 Å². The van der Waals surface area contributed by atoms with Crippen molar-refractivity contribution in [1.82, 2.24) is 4.90 Å². The summed E-state index contributed by atoms with van der Waals surface area (Å²) in [6.07, 6.45) is 1.52. The second-order valence-corrected chi connectivity index (χ2v) is 6.94. The summed E-state index contributed by atoms with van der Waals surface area (Å²) in [6.45, 7) is 12.3. The SMILES string of the molecule is C=C(C)C(=O)N(C=C(C)C(=O)OCCN)CCC(N)C(=O)OC(C)(C)C. The topological polar surface area (TPSA) is 125 Å². The standard InChI is InChI=1S/C18H31N3O5/c1-12(2)15(22)21(11-13(3)16(23)25-10-8-19)9-7-14(20)17(24)26-18(4,5)6/h11,14H,1,7-10,19-20H2,2-6H3. The molecule has 0 aliphatic heterocycles. The Morgan fingerprint density at radius 2 is 1.81 bits per heavy atom. The minimum Gasteiger partial charge on any atom is -0.461 e. The zero-order valence-electron chi connectivity index (χ0n) is 16.3. The lowest BCUT2D eigenvalue weighted by atomic mass is 10.1. The zero-order valence-corrected chi connectivity index (χ0v) is 16.3. The summed E-state index contributed by atoms with van der Waals surface area (Å²) < 4.78 is 10.1. The lowest BCUT2D eigenvalue weighted by Gasteiger charge is -2.24. The molecule has 1 atom stereocenters. The highest BCUT2D eigenvalue weighted by Gasteiger charge is 2.23. The molecule has 0 heterocycles. The molecule has 0 saturated heterocycles. The fraction of sp³-hybridized carbons (Fsp3) is 0.611. The van der Waals surface area contributed by atoms with Gasteiger partial charge in [0.05, 0.1) is 5.57 Å². The number of carbonyl (C=O) groups excluding carboxylic acids is 3. The van der Waals surface area contributed by atoms with E-state index in [9.17, 15) is 14.4 Å². The monoisotopic (exact) mass is 369 g/mol. The van der Waals surface area contributed by atoms with Gasteiger partial charge in [0.15, 0.2) is 0 Å². The maximum absolute atomic E-state index is 12.3. The average Bonchev–Trinajstić information content (AvgIpc) is 2.53. The fourth-order valence-electron chi connectivity index (χ4n) is 1.80. The molecule has 0 aromatic heterocycles. The van der Waals surface area contributed by atoms with Crippen LogP contribution in [0.1, 0.15) is 41.0 Å². The molecule has 0 aliphatic carbocycles. The van der Waals surface area contributed by atoms with Crippen LogP contribution in [0.4, 0.5) is 0 Å². The summed E-state index contributed by atoms with van der Waals surface area (Å²) in [5.41, 5.74) is 11.0. The van der Waals surface area contributed by atoms with E-state index in [0.717, 1.165) is 0 Å². The molecule has 148 valence electrons. The highest BCUT2D eigenvalue weighted by atomic mass is 16.6. The van der Waals surface area contributed by atoms with Crippen LogP contribution in [0.15, 0.2) is 23.9 Å². The van der Waals surface area contributed by atoms with Crippen LogP contribution in [0.5, 0.6) is 0 Å². The van der Waals surface area contributed by atoms with Crippen molar-refractivity contribution in [3.8, 4) is 0 Å². The number of rotatable bonds is 9. The Kier molecular flexibility index (Phi) is 9.82. The summed E-state index contributed by atoms with van der Waals surface area (Å²) in [5.74, 6) is -1.51. The summed E-state index contributed by atoms with van der Waals surface area (Å²) in [7, 11) is 0. The Morgan fingerprint density at radius 1 is 1.23 bits per heavy atom. The molecule has 0 bridgehead atoms. The van der Waals surface area contributed by atoms with Crippen LogP contribution in [0.3, 0.4) is 0 Å². The second kappa shape index (κ2) is 10.7. The van der Waals surface area contributed by atoms with E-state index < -0.39 is 23.6 Å². The maximum Gasteiger partial charge on any atom is 0.335 e. The van der Waals surface area contributed by atoms with Gasteiger partial charge in [0.2, 0.25) is 0 Å². The van der Waals surface area contributed by atoms with E-state index in [1.54, 1.807) is 27.7 Å². The van der Waals surface area contributed by atoms with Crippen LogP contribution in [0, 0.1) is 0 Å². The quantitative estimate of drug-likeness (QED) is 0.456. The van der Waals surface area contributed by atoms with Gasteiger partial charge in [-0.25, -0.2) is 4.79 Å². The lowest BCUT2D eigenvalue weighted by molar-refractivity contribution is -0.156. The maximum atomic E-state index is 12.3. The first-order valence-electron chi connectivity index (χ1n) is 8.39. The third kappa shape index (κ3) is 9.33. The van der Waals surface area contributed by atoms with Gasteiger partial charge < -0.3 is 25.8 Å². The molecule has 0 aliphatic rings.